The van der Waals surface area contributed by atoms with Crippen molar-refractivity contribution in [3.05, 3.63) is 51.6 Å². The molecule has 0 spiro atoms. The minimum atomic E-state index is -0.381. The molecule has 0 saturated carbocycles. The second-order valence-electron chi connectivity index (χ2n) is 5.98. The van der Waals surface area contributed by atoms with E-state index in [0.717, 1.165) is 33.6 Å². The molecule has 0 bridgehead atoms. The first-order valence-corrected chi connectivity index (χ1v) is 9.17. The minimum Gasteiger partial charge on any atom is -0.362 e. The van der Waals surface area contributed by atoms with Crippen LogP contribution in [0.5, 0.6) is 0 Å². The van der Waals surface area contributed by atoms with Crippen LogP contribution in [0.25, 0.3) is 10.6 Å². The number of nitrogens with zero attached hydrogens (tertiary/aromatic N) is 4. The van der Waals surface area contributed by atoms with Gasteiger partial charge in [0.25, 0.3) is 5.70 Å². The summed E-state index contributed by atoms with van der Waals surface area (Å²) in [5, 5.41) is 18.2. The molecule has 2 heterocycles. The third-order valence-corrected chi connectivity index (χ3v) is 5.13. The van der Waals surface area contributed by atoms with Crippen molar-refractivity contribution in [3.63, 3.8) is 0 Å². The standard InChI is InChI=1S/C17H20N6O2S/c1-4-18-17-20-11(3)15(26-17)13-7-8-19-16(21-13)22-14-9-12(23(24)25)6-5-10(14)2/h6-10H,4-5H2,1-3H3,(H,18,20)(H,19,21,22). The van der Waals surface area contributed by atoms with Gasteiger partial charge in [0.05, 0.1) is 21.2 Å². The van der Waals surface area contributed by atoms with Gasteiger partial charge in [0, 0.05) is 30.4 Å². The lowest BCUT2D eigenvalue weighted by molar-refractivity contribution is -0.419. The molecule has 26 heavy (non-hydrogen) atoms. The highest BCUT2D eigenvalue weighted by Gasteiger charge is 2.20. The maximum Gasteiger partial charge on any atom is 0.267 e. The van der Waals surface area contributed by atoms with Crippen LogP contribution in [0, 0.1) is 23.0 Å². The van der Waals surface area contributed by atoms with Gasteiger partial charge in [0.2, 0.25) is 5.95 Å². The van der Waals surface area contributed by atoms with Gasteiger partial charge >= 0.3 is 0 Å². The van der Waals surface area contributed by atoms with Crippen LogP contribution >= 0.6 is 11.3 Å². The van der Waals surface area contributed by atoms with Crippen molar-refractivity contribution < 1.29 is 4.92 Å². The third kappa shape index (κ3) is 3.88. The summed E-state index contributed by atoms with van der Waals surface area (Å²) in [7, 11) is 0. The number of thiazole rings is 1. The Kier molecular flexibility index (Phi) is 5.27. The van der Waals surface area contributed by atoms with E-state index in [2.05, 4.69) is 25.6 Å². The van der Waals surface area contributed by atoms with E-state index in [0.29, 0.717) is 12.4 Å². The molecule has 9 heteroatoms. The zero-order valence-corrected chi connectivity index (χ0v) is 15.6. The number of aryl methyl sites for hydroxylation is 1. The number of hydrogen-bond acceptors (Lipinski definition) is 8. The summed E-state index contributed by atoms with van der Waals surface area (Å²) in [6.07, 6.45) is 5.46. The number of allylic oxidation sites excluding steroid dienone is 3. The first-order valence-electron chi connectivity index (χ1n) is 8.35. The lowest BCUT2D eigenvalue weighted by Gasteiger charge is -2.18. The van der Waals surface area contributed by atoms with Crippen LogP contribution in [0.3, 0.4) is 0 Å². The molecule has 3 rings (SSSR count). The fourth-order valence-corrected chi connectivity index (χ4v) is 3.61. The molecule has 0 amide bonds. The van der Waals surface area contributed by atoms with Gasteiger partial charge in [-0.1, -0.05) is 18.3 Å². The van der Waals surface area contributed by atoms with Crippen molar-refractivity contribution in [2.75, 3.05) is 17.2 Å². The van der Waals surface area contributed by atoms with Crippen LogP contribution in [0.1, 0.15) is 26.0 Å². The van der Waals surface area contributed by atoms with Gasteiger partial charge in [-0.3, -0.25) is 10.1 Å². The Labute approximate surface area is 155 Å². The fraction of sp³-hybridized carbons (Fsp3) is 0.353. The maximum atomic E-state index is 11.0. The molecular weight excluding hydrogens is 352 g/mol. The van der Waals surface area contributed by atoms with Crippen LogP contribution in [-0.2, 0) is 0 Å². The summed E-state index contributed by atoms with van der Waals surface area (Å²) in [5.41, 5.74) is 2.51. The number of anilines is 2. The van der Waals surface area contributed by atoms with Crippen LogP contribution in [-0.4, -0.2) is 26.4 Å². The molecule has 2 aromatic rings. The monoisotopic (exact) mass is 372 g/mol. The highest BCUT2D eigenvalue weighted by molar-refractivity contribution is 7.19. The van der Waals surface area contributed by atoms with Gasteiger partial charge in [-0.2, -0.15) is 0 Å². The largest absolute Gasteiger partial charge is 0.362 e. The van der Waals surface area contributed by atoms with Gasteiger partial charge in [0.1, 0.15) is 0 Å². The van der Waals surface area contributed by atoms with Crippen molar-refractivity contribution in [2.45, 2.75) is 27.2 Å². The summed E-state index contributed by atoms with van der Waals surface area (Å²) in [4.78, 5) is 24.9. The normalized spacial score (nSPS) is 16.7. The highest BCUT2D eigenvalue weighted by Crippen LogP contribution is 2.32. The Morgan fingerprint density at radius 2 is 2.23 bits per heavy atom. The molecule has 1 aliphatic rings. The average molecular weight is 372 g/mol. The van der Waals surface area contributed by atoms with Crippen LogP contribution in [0.4, 0.5) is 11.1 Å². The molecule has 2 aromatic heterocycles. The van der Waals surface area contributed by atoms with E-state index in [4.69, 9.17) is 0 Å². The van der Waals surface area contributed by atoms with Gasteiger partial charge in [-0.15, -0.1) is 0 Å². The molecule has 0 fully saturated rings. The number of hydrogen-bond donors (Lipinski definition) is 2. The van der Waals surface area contributed by atoms with Crippen molar-refractivity contribution in [1.29, 1.82) is 0 Å². The first-order chi connectivity index (χ1) is 12.5. The molecule has 1 aliphatic carbocycles. The van der Waals surface area contributed by atoms with E-state index in [9.17, 15) is 10.1 Å². The Bertz CT molecular complexity index is 889. The average Bonchev–Trinajstić information content (AvgIpc) is 2.98. The summed E-state index contributed by atoms with van der Waals surface area (Å²) in [5.74, 6) is 0.555. The van der Waals surface area contributed by atoms with E-state index >= 15 is 0 Å². The molecule has 1 atom stereocenters. The lowest BCUT2D eigenvalue weighted by Crippen LogP contribution is -2.15. The Balaban J connectivity index is 1.86. The van der Waals surface area contributed by atoms with Crippen LogP contribution < -0.4 is 10.6 Å². The minimum absolute atomic E-state index is 0.0929. The van der Waals surface area contributed by atoms with E-state index in [1.165, 1.54) is 0 Å². The predicted octanol–water partition coefficient (Wildman–Crippen LogP) is 3.84. The van der Waals surface area contributed by atoms with Gasteiger partial charge in [-0.05, 0) is 32.4 Å². The molecule has 0 radical (unpaired) electrons. The molecule has 0 aliphatic heterocycles. The van der Waals surface area contributed by atoms with Gasteiger partial charge < -0.3 is 10.6 Å². The van der Waals surface area contributed by atoms with Crippen LogP contribution in [0.2, 0.25) is 0 Å². The molecule has 136 valence electrons. The second-order valence-corrected chi connectivity index (χ2v) is 6.98. The first kappa shape index (κ1) is 18.0. The fourth-order valence-electron chi connectivity index (χ4n) is 2.61. The van der Waals surface area contributed by atoms with Crippen molar-refractivity contribution in [1.82, 2.24) is 15.0 Å². The maximum absolute atomic E-state index is 11.0. The molecule has 0 saturated heterocycles. The van der Waals surface area contributed by atoms with Gasteiger partial charge in [-0.25, -0.2) is 15.0 Å². The van der Waals surface area contributed by atoms with Crippen molar-refractivity contribution in [3.8, 4) is 10.6 Å². The summed E-state index contributed by atoms with van der Waals surface area (Å²) >= 11 is 1.54. The number of rotatable bonds is 6. The Morgan fingerprint density at radius 1 is 1.42 bits per heavy atom. The Hall–Kier alpha value is -2.81. The summed E-state index contributed by atoms with van der Waals surface area (Å²) in [6, 6.07) is 1.84. The highest BCUT2D eigenvalue weighted by atomic mass is 32.1. The van der Waals surface area contributed by atoms with Crippen LogP contribution in [0.15, 0.2) is 35.8 Å². The quantitative estimate of drug-likeness (QED) is 0.586. The SMILES string of the molecule is CCNc1nc(C)c(-c2ccnc(NC3=CC([N+](=O)[O-])=CCC3C)n2)s1. The van der Waals surface area contributed by atoms with E-state index in [1.54, 1.807) is 29.7 Å². The molecule has 0 aromatic carbocycles. The van der Waals surface area contributed by atoms with Gasteiger partial charge in [0.15, 0.2) is 5.13 Å². The Morgan fingerprint density at radius 3 is 2.96 bits per heavy atom. The predicted molar refractivity (Wildman–Crippen MR) is 103 cm³/mol. The summed E-state index contributed by atoms with van der Waals surface area (Å²) < 4.78 is 0. The molecule has 2 N–H and O–H groups in total. The zero-order valence-electron chi connectivity index (χ0n) is 14.8. The smallest absolute Gasteiger partial charge is 0.267 e. The number of aromatic nitrogens is 3. The number of nitrogens with one attached hydrogen (secondary N) is 2. The van der Waals surface area contributed by atoms with E-state index in [-0.39, 0.29) is 16.5 Å². The van der Waals surface area contributed by atoms with E-state index < -0.39 is 0 Å². The topological polar surface area (TPSA) is 106 Å². The second kappa shape index (κ2) is 7.61. The zero-order chi connectivity index (χ0) is 18.7. The van der Waals surface area contributed by atoms with E-state index in [1.807, 2.05) is 26.8 Å². The third-order valence-electron chi connectivity index (χ3n) is 3.99. The van der Waals surface area contributed by atoms with Crippen molar-refractivity contribution >= 4 is 22.4 Å². The summed E-state index contributed by atoms with van der Waals surface area (Å²) in [6.45, 7) is 6.78. The van der Waals surface area contributed by atoms with Crippen molar-refractivity contribution in [2.24, 2.45) is 5.92 Å². The number of nitro groups is 1. The molecule has 8 nitrogen and oxygen atoms in total. The molecular formula is C17H20N6O2S. The molecule has 1 unspecified atom stereocenters. The lowest BCUT2D eigenvalue weighted by atomic mass is 9.97.